The molecular weight excluding hydrogens is 262 g/mol. The van der Waals surface area contributed by atoms with Crippen molar-refractivity contribution in [2.24, 2.45) is 5.84 Å². The first-order valence-corrected chi connectivity index (χ1v) is 7.84. The molecule has 2 unspecified atom stereocenters. The molecule has 0 radical (unpaired) electrons. The van der Waals surface area contributed by atoms with E-state index in [4.69, 9.17) is 10.6 Å². The van der Waals surface area contributed by atoms with Gasteiger partial charge in [0.1, 0.15) is 5.75 Å². The van der Waals surface area contributed by atoms with Gasteiger partial charge < -0.3 is 4.74 Å². The molecule has 0 bridgehead atoms. The van der Waals surface area contributed by atoms with Gasteiger partial charge in [0.15, 0.2) is 0 Å². The van der Waals surface area contributed by atoms with Gasteiger partial charge in [-0.15, -0.1) is 0 Å². The topological polar surface area (TPSA) is 50.5 Å². The standard InChI is InChI=1S/C17H31N3O/c1-7-17(5,20(8-2)9-3)16(19-18)15-11-10-14(21-6)12-13(15)4/h10-12,16,19H,7-9,18H2,1-6H3. The number of hydrogen-bond donors (Lipinski definition) is 2. The number of hydrogen-bond acceptors (Lipinski definition) is 4. The van der Waals surface area contributed by atoms with E-state index >= 15 is 0 Å². The van der Waals surface area contributed by atoms with E-state index in [2.05, 4.69) is 57.1 Å². The molecule has 4 nitrogen and oxygen atoms in total. The van der Waals surface area contributed by atoms with E-state index in [9.17, 15) is 0 Å². The molecule has 0 fully saturated rings. The summed E-state index contributed by atoms with van der Waals surface area (Å²) in [5.74, 6) is 6.83. The third-order valence-electron chi connectivity index (χ3n) is 4.78. The minimum Gasteiger partial charge on any atom is -0.497 e. The third-order valence-corrected chi connectivity index (χ3v) is 4.78. The minimum atomic E-state index is -0.0302. The Hall–Kier alpha value is -1.10. The van der Waals surface area contributed by atoms with Crippen LogP contribution in [0, 0.1) is 6.92 Å². The largest absolute Gasteiger partial charge is 0.497 e. The molecule has 21 heavy (non-hydrogen) atoms. The number of nitrogens with two attached hydrogens (primary N) is 1. The summed E-state index contributed by atoms with van der Waals surface area (Å²) in [4.78, 5) is 2.47. The highest BCUT2D eigenvalue weighted by Crippen LogP contribution is 2.36. The van der Waals surface area contributed by atoms with Crippen LogP contribution in [0.2, 0.25) is 0 Å². The maximum Gasteiger partial charge on any atom is 0.119 e. The average molecular weight is 293 g/mol. The van der Waals surface area contributed by atoms with E-state index in [0.29, 0.717) is 0 Å². The van der Waals surface area contributed by atoms with Gasteiger partial charge in [-0.25, -0.2) is 0 Å². The van der Waals surface area contributed by atoms with Crippen molar-refractivity contribution in [1.29, 1.82) is 0 Å². The van der Waals surface area contributed by atoms with Gasteiger partial charge in [0, 0.05) is 5.54 Å². The summed E-state index contributed by atoms with van der Waals surface area (Å²) < 4.78 is 5.30. The summed E-state index contributed by atoms with van der Waals surface area (Å²) in [6.07, 6.45) is 1.02. The van der Waals surface area contributed by atoms with Crippen LogP contribution in [0.25, 0.3) is 0 Å². The van der Waals surface area contributed by atoms with Gasteiger partial charge in [-0.2, -0.15) is 0 Å². The van der Waals surface area contributed by atoms with Crippen molar-refractivity contribution in [2.75, 3.05) is 20.2 Å². The monoisotopic (exact) mass is 293 g/mol. The number of methoxy groups -OCH3 is 1. The van der Waals surface area contributed by atoms with Crippen molar-refractivity contribution in [3.63, 3.8) is 0 Å². The number of aryl methyl sites for hydroxylation is 1. The van der Waals surface area contributed by atoms with Gasteiger partial charge >= 0.3 is 0 Å². The molecule has 0 saturated carbocycles. The highest BCUT2D eigenvalue weighted by atomic mass is 16.5. The Morgan fingerprint density at radius 1 is 1.29 bits per heavy atom. The number of ether oxygens (including phenoxy) is 1. The Morgan fingerprint density at radius 3 is 2.29 bits per heavy atom. The molecular formula is C17H31N3O. The second-order valence-electron chi connectivity index (χ2n) is 5.71. The zero-order chi connectivity index (χ0) is 16.0. The van der Waals surface area contributed by atoms with Gasteiger partial charge in [-0.1, -0.05) is 26.8 Å². The van der Waals surface area contributed by atoms with Crippen molar-refractivity contribution in [3.05, 3.63) is 29.3 Å². The fraction of sp³-hybridized carbons (Fsp3) is 0.647. The van der Waals surface area contributed by atoms with Crippen LogP contribution < -0.4 is 16.0 Å². The summed E-state index contributed by atoms with van der Waals surface area (Å²) in [5, 5.41) is 0. The Balaban J connectivity index is 3.27. The fourth-order valence-corrected chi connectivity index (χ4v) is 3.26. The predicted octanol–water partition coefficient (Wildman–Crippen LogP) is 3.02. The van der Waals surface area contributed by atoms with Crippen LogP contribution in [0.3, 0.4) is 0 Å². The average Bonchev–Trinajstić information content (AvgIpc) is 2.50. The van der Waals surface area contributed by atoms with Crippen LogP contribution in [0.15, 0.2) is 18.2 Å². The molecule has 0 aliphatic carbocycles. The van der Waals surface area contributed by atoms with Crippen molar-refractivity contribution >= 4 is 0 Å². The number of nitrogens with one attached hydrogen (secondary N) is 1. The minimum absolute atomic E-state index is 0.0302. The lowest BCUT2D eigenvalue weighted by molar-refractivity contribution is 0.0696. The van der Waals surface area contributed by atoms with Crippen LogP contribution in [0.5, 0.6) is 5.75 Å². The predicted molar refractivity (Wildman–Crippen MR) is 89.4 cm³/mol. The fourth-order valence-electron chi connectivity index (χ4n) is 3.26. The molecule has 0 aliphatic heterocycles. The normalized spacial score (nSPS) is 15.8. The number of rotatable bonds is 8. The zero-order valence-electron chi connectivity index (χ0n) is 14.4. The van der Waals surface area contributed by atoms with E-state index < -0.39 is 0 Å². The molecule has 120 valence electrons. The molecule has 1 aromatic rings. The highest BCUT2D eigenvalue weighted by Gasteiger charge is 2.38. The summed E-state index contributed by atoms with van der Waals surface area (Å²) in [6.45, 7) is 13.0. The molecule has 4 heteroatoms. The second kappa shape index (κ2) is 7.78. The van der Waals surface area contributed by atoms with Crippen molar-refractivity contribution in [1.82, 2.24) is 10.3 Å². The Kier molecular flexibility index (Phi) is 6.65. The number of hydrazine groups is 1. The van der Waals surface area contributed by atoms with Gasteiger partial charge in [0.05, 0.1) is 13.2 Å². The lowest BCUT2D eigenvalue weighted by Gasteiger charge is -2.46. The summed E-state index contributed by atoms with van der Waals surface area (Å²) >= 11 is 0. The SMILES string of the molecule is CCN(CC)C(C)(CC)C(NN)c1ccc(OC)cc1C. The number of benzene rings is 1. The van der Waals surface area contributed by atoms with Gasteiger partial charge in [-0.05, 0) is 56.6 Å². The molecule has 0 amide bonds. The molecule has 0 aromatic heterocycles. The number of likely N-dealkylation sites (N-methyl/N-ethyl adjacent to an activating group) is 1. The lowest BCUT2D eigenvalue weighted by Crippen LogP contribution is -2.55. The summed E-state index contributed by atoms with van der Waals surface area (Å²) in [7, 11) is 1.69. The van der Waals surface area contributed by atoms with E-state index in [1.165, 1.54) is 11.1 Å². The molecule has 1 rings (SSSR count). The molecule has 0 saturated heterocycles. The number of nitrogens with zero attached hydrogens (tertiary/aromatic N) is 1. The maximum absolute atomic E-state index is 5.95. The quantitative estimate of drug-likeness (QED) is 0.571. The van der Waals surface area contributed by atoms with Gasteiger partial charge in [0.2, 0.25) is 0 Å². The van der Waals surface area contributed by atoms with Crippen LogP contribution in [0.1, 0.15) is 51.3 Å². The molecule has 1 aromatic carbocycles. The van der Waals surface area contributed by atoms with Crippen molar-refractivity contribution in [2.45, 2.75) is 52.6 Å². The van der Waals surface area contributed by atoms with Crippen LogP contribution in [0.4, 0.5) is 0 Å². The van der Waals surface area contributed by atoms with E-state index in [0.717, 1.165) is 25.3 Å². The van der Waals surface area contributed by atoms with Crippen LogP contribution in [-0.2, 0) is 0 Å². The third kappa shape index (κ3) is 3.57. The smallest absolute Gasteiger partial charge is 0.119 e. The summed E-state index contributed by atoms with van der Waals surface area (Å²) in [6, 6.07) is 6.27. The molecule has 3 N–H and O–H groups in total. The highest BCUT2D eigenvalue weighted by molar-refractivity contribution is 5.38. The van der Waals surface area contributed by atoms with E-state index in [-0.39, 0.29) is 11.6 Å². The van der Waals surface area contributed by atoms with Gasteiger partial charge in [-0.3, -0.25) is 16.2 Å². The van der Waals surface area contributed by atoms with E-state index in [1.54, 1.807) is 7.11 Å². The van der Waals surface area contributed by atoms with Crippen LogP contribution >= 0.6 is 0 Å². The Labute approximate surface area is 129 Å². The zero-order valence-corrected chi connectivity index (χ0v) is 14.4. The van der Waals surface area contributed by atoms with Crippen molar-refractivity contribution < 1.29 is 4.74 Å². The van der Waals surface area contributed by atoms with Crippen molar-refractivity contribution in [3.8, 4) is 5.75 Å². The lowest BCUT2D eigenvalue weighted by atomic mass is 9.81. The molecule has 0 aliphatic rings. The first kappa shape index (κ1) is 18.0. The van der Waals surface area contributed by atoms with E-state index in [1.807, 2.05) is 6.07 Å². The Bertz CT molecular complexity index is 446. The van der Waals surface area contributed by atoms with Gasteiger partial charge in [0.25, 0.3) is 0 Å². The summed E-state index contributed by atoms with van der Waals surface area (Å²) in [5.41, 5.74) is 5.45. The van der Waals surface area contributed by atoms with Crippen LogP contribution in [-0.4, -0.2) is 30.6 Å². The second-order valence-corrected chi connectivity index (χ2v) is 5.71. The first-order valence-electron chi connectivity index (χ1n) is 7.84. The Morgan fingerprint density at radius 2 is 1.90 bits per heavy atom. The molecule has 0 heterocycles. The molecule has 2 atom stereocenters. The maximum atomic E-state index is 5.95. The first-order chi connectivity index (χ1) is 9.98. The molecule has 0 spiro atoms.